The van der Waals surface area contributed by atoms with Gasteiger partial charge in [0.05, 0.1) is 6.61 Å². The first-order valence-electron chi connectivity index (χ1n) is 6.21. The number of amidine groups is 1. The average molecular weight is 245 g/mol. The monoisotopic (exact) mass is 245 g/mol. The molecule has 0 atom stereocenters. The van der Waals surface area contributed by atoms with Gasteiger partial charge in [-0.05, 0) is 25.8 Å². The number of aliphatic hydroxyl groups excluding tert-OH is 1. The van der Waals surface area contributed by atoms with Crippen LogP contribution in [0.3, 0.4) is 0 Å². The van der Waals surface area contributed by atoms with Gasteiger partial charge in [0.25, 0.3) is 0 Å². The molecule has 0 fully saturated rings. The molecule has 102 valence electrons. The Labute approximate surface area is 104 Å². The quantitative estimate of drug-likeness (QED) is 0.224. The van der Waals surface area contributed by atoms with E-state index in [1.54, 1.807) is 0 Å². The zero-order chi connectivity index (χ0) is 13.5. The molecule has 5 N–H and O–H groups in total. The Morgan fingerprint density at radius 2 is 1.82 bits per heavy atom. The lowest BCUT2D eigenvalue weighted by molar-refractivity contribution is 0.148. The van der Waals surface area contributed by atoms with E-state index in [-0.39, 0.29) is 23.4 Å². The molecule has 0 radical (unpaired) electrons. The Kier molecular flexibility index (Phi) is 6.49. The van der Waals surface area contributed by atoms with Gasteiger partial charge < -0.3 is 21.4 Å². The van der Waals surface area contributed by atoms with Crippen LogP contribution in [0.25, 0.3) is 0 Å². The standard InChI is InChI=1S/C12H27N3O2/c1-5-12(6-2,9-16)14-8-7-11(3,4)10(13)15-17/h14,16-17H,5-9H2,1-4H3,(H2,13,15). The average Bonchev–Trinajstić information content (AvgIpc) is 2.34. The van der Waals surface area contributed by atoms with Gasteiger partial charge in [-0.2, -0.15) is 0 Å². The van der Waals surface area contributed by atoms with Crippen molar-refractivity contribution < 1.29 is 10.3 Å². The number of nitrogens with two attached hydrogens (primary N) is 1. The maximum atomic E-state index is 9.41. The number of oxime groups is 1. The summed E-state index contributed by atoms with van der Waals surface area (Å²) in [5.74, 6) is 0.238. The van der Waals surface area contributed by atoms with Crippen LogP contribution in [0, 0.1) is 5.41 Å². The third-order valence-corrected chi connectivity index (χ3v) is 3.71. The summed E-state index contributed by atoms with van der Waals surface area (Å²) in [6.07, 6.45) is 2.51. The molecule has 17 heavy (non-hydrogen) atoms. The van der Waals surface area contributed by atoms with Crippen molar-refractivity contribution in [1.29, 1.82) is 0 Å². The van der Waals surface area contributed by atoms with E-state index >= 15 is 0 Å². The summed E-state index contributed by atoms with van der Waals surface area (Å²) in [6.45, 7) is 8.84. The highest BCUT2D eigenvalue weighted by Crippen LogP contribution is 2.21. The number of hydrogen-bond donors (Lipinski definition) is 4. The molecule has 0 amide bonds. The molecule has 0 rings (SSSR count). The summed E-state index contributed by atoms with van der Waals surface area (Å²) in [7, 11) is 0. The molecule has 0 aromatic carbocycles. The number of nitrogens with one attached hydrogen (secondary N) is 1. The normalized spacial score (nSPS) is 14.1. The summed E-state index contributed by atoms with van der Waals surface area (Å²) in [6, 6.07) is 0. The maximum absolute atomic E-state index is 9.41. The van der Waals surface area contributed by atoms with Gasteiger partial charge in [0.2, 0.25) is 0 Å². The zero-order valence-electron chi connectivity index (χ0n) is 11.5. The second kappa shape index (κ2) is 6.81. The fourth-order valence-corrected chi connectivity index (χ4v) is 1.68. The van der Waals surface area contributed by atoms with Crippen molar-refractivity contribution in [1.82, 2.24) is 5.32 Å². The summed E-state index contributed by atoms with van der Waals surface area (Å²) in [4.78, 5) is 0. The first-order chi connectivity index (χ1) is 7.87. The van der Waals surface area contributed by atoms with E-state index in [0.717, 1.165) is 25.8 Å². The van der Waals surface area contributed by atoms with E-state index in [9.17, 15) is 5.11 Å². The van der Waals surface area contributed by atoms with E-state index in [2.05, 4.69) is 24.3 Å². The second-order valence-electron chi connectivity index (χ2n) is 5.19. The third kappa shape index (κ3) is 4.52. The van der Waals surface area contributed by atoms with Gasteiger partial charge in [0.1, 0.15) is 5.84 Å². The van der Waals surface area contributed by atoms with Crippen LogP contribution in [0.2, 0.25) is 0 Å². The molecule has 0 aliphatic rings. The van der Waals surface area contributed by atoms with Gasteiger partial charge >= 0.3 is 0 Å². The SMILES string of the molecule is CCC(CC)(CO)NCCC(C)(C)C(N)=NO. The zero-order valence-corrected chi connectivity index (χ0v) is 11.5. The molecule has 0 aliphatic heterocycles. The van der Waals surface area contributed by atoms with E-state index in [0.29, 0.717) is 0 Å². The molecule has 0 unspecified atom stereocenters. The molecule has 0 bridgehead atoms. The van der Waals surface area contributed by atoms with Gasteiger partial charge in [0, 0.05) is 11.0 Å². The van der Waals surface area contributed by atoms with Crippen LogP contribution in [-0.4, -0.2) is 34.8 Å². The molecular weight excluding hydrogens is 218 g/mol. The highest BCUT2D eigenvalue weighted by Gasteiger charge is 2.27. The predicted molar refractivity (Wildman–Crippen MR) is 70.2 cm³/mol. The molecule has 5 heteroatoms. The fourth-order valence-electron chi connectivity index (χ4n) is 1.68. The number of aliphatic hydroxyl groups is 1. The molecule has 0 saturated carbocycles. The third-order valence-electron chi connectivity index (χ3n) is 3.71. The van der Waals surface area contributed by atoms with E-state index in [1.807, 2.05) is 13.8 Å². The summed E-state index contributed by atoms with van der Waals surface area (Å²) in [5, 5.41) is 24.5. The van der Waals surface area contributed by atoms with Crippen molar-refractivity contribution in [2.24, 2.45) is 16.3 Å². The van der Waals surface area contributed by atoms with Gasteiger partial charge in [-0.15, -0.1) is 0 Å². The second-order valence-corrected chi connectivity index (χ2v) is 5.19. The van der Waals surface area contributed by atoms with Gasteiger partial charge in [-0.25, -0.2) is 0 Å². The van der Waals surface area contributed by atoms with Crippen molar-refractivity contribution >= 4 is 5.84 Å². The highest BCUT2D eigenvalue weighted by atomic mass is 16.4. The van der Waals surface area contributed by atoms with Crippen LogP contribution in [0.5, 0.6) is 0 Å². The van der Waals surface area contributed by atoms with Gasteiger partial charge in [-0.3, -0.25) is 0 Å². The van der Waals surface area contributed by atoms with Crippen LogP contribution < -0.4 is 11.1 Å². The fraction of sp³-hybridized carbons (Fsp3) is 0.917. The number of nitrogens with zero attached hydrogens (tertiary/aromatic N) is 1. The summed E-state index contributed by atoms with van der Waals surface area (Å²) >= 11 is 0. The Morgan fingerprint density at radius 3 is 2.18 bits per heavy atom. The van der Waals surface area contributed by atoms with Crippen LogP contribution in [0.15, 0.2) is 5.16 Å². The minimum Gasteiger partial charge on any atom is -0.409 e. The topological polar surface area (TPSA) is 90.9 Å². The van der Waals surface area contributed by atoms with Gasteiger partial charge in [-0.1, -0.05) is 32.9 Å². The smallest absolute Gasteiger partial charge is 0.144 e. The molecule has 0 aliphatic carbocycles. The maximum Gasteiger partial charge on any atom is 0.144 e. The largest absolute Gasteiger partial charge is 0.409 e. The minimum atomic E-state index is -0.343. The lowest BCUT2D eigenvalue weighted by Crippen LogP contribution is -2.49. The summed E-state index contributed by atoms with van der Waals surface area (Å²) < 4.78 is 0. The Bertz CT molecular complexity index is 240. The van der Waals surface area contributed by atoms with E-state index < -0.39 is 0 Å². The Hall–Kier alpha value is -0.810. The van der Waals surface area contributed by atoms with Crippen molar-refractivity contribution in [3.05, 3.63) is 0 Å². The van der Waals surface area contributed by atoms with Crippen LogP contribution in [-0.2, 0) is 0 Å². The van der Waals surface area contributed by atoms with Crippen molar-refractivity contribution in [3.8, 4) is 0 Å². The molecule has 0 heterocycles. The lowest BCUT2D eigenvalue weighted by Gasteiger charge is -2.33. The van der Waals surface area contributed by atoms with Crippen LogP contribution in [0.1, 0.15) is 47.0 Å². The molecular formula is C12H27N3O2. The van der Waals surface area contributed by atoms with Crippen LogP contribution >= 0.6 is 0 Å². The molecule has 0 saturated heterocycles. The molecule has 0 aromatic heterocycles. The van der Waals surface area contributed by atoms with E-state index in [4.69, 9.17) is 10.9 Å². The molecule has 5 nitrogen and oxygen atoms in total. The lowest BCUT2D eigenvalue weighted by atomic mass is 9.87. The van der Waals surface area contributed by atoms with Crippen molar-refractivity contribution in [2.75, 3.05) is 13.2 Å². The first kappa shape index (κ1) is 16.2. The van der Waals surface area contributed by atoms with E-state index in [1.165, 1.54) is 0 Å². The molecule has 0 spiro atoms. The Morgan fingerprint density at radius 1 is 1.29 bits per heavy atom. The van der Waals surface area contributed by atoms with Crippen molar-refractivity contribution in [2.45, 2.75) is 52.5 Å². The minimum absolute atomic E-state index is 0.129. The first-order valence-corrected chi connectivity index (χ1v) is 6.21. The van der Waals surface area contributed by atoms with Crippen molar-refractivity contribution in [3.63, 3.8) is 0 Å². The number of rotatable bonds is 8. The number of hydrogen-bond acceptors (Lipinski definition) is 4. The summed E-state index contributed by atoms with van der Waals surface area (Å²) in [5.41, 5.74) is 5.07. The van der Waals surface area contributed by atoms with Gasteiger partial charge in [0.15, 0.2) is 0 Å². The van der Waals surface area contributed by atoms with Crippen LogP contribution in [0.4, 0.5) is 0 Å². The predicted octanol–water partition coefficient (Wildman–Crippen LogP) is 1.29. The highest BCUT2D eigenvalue weighted by molar-refractivity contribution is 5.85. The molecule has 0 aromatic rings. The Balaban J connectivity index is 4.31.